The van der Waals surface area contributed by atoms with Crippen molar-refractivity contribution in [3.63, 3.8) is 0 Å². The summed E-state index contributed by atoms with van der Waals surface area (Å²) in [5.41, 5.74) is 5.72. The molecule has 0 aromatic carbocycles. The zero-order valence-corrected chi connectivity index (χ0v) is 11.8. The Morgan fingerprint density at radius 1 is 1.41 bits per heavy atom. The van der Waals surface area contributed by atoms with Crippen LogP contribution in [0.5, 0.6) is 0 Å². The highest BCUT2D eigenvalue weighted by Gasteiger charge is 2.38. The quantitative estimate of drug-likeness (QED) is 0.747. The molecule has 2 saturated heterocycles. The van der Waals surface area contributed by atoms with Crippen LogP contribution in [0.15, 0.2) is 0 Å². The van der Waals surface area contributed by atoms with E-state index in [1.54, 1.807) is 0 Å². The highest BCUT2D eigenvalue weighted by Crippen LogP contribution is 2.33. The fourth-order valence-electron chi connectivity index (χ4n) is 2.69. The van der Waals surface area contributed by atoms with Crippen molar-refractivity contribution < 1.29 is 8.42 Å². The minimum Gasteiger partial charge on any atom is -0.393 e. The molecular weight excluding hydrogens is 256 g/mol. The van der Waals surface area contributed by atoms with Gasteiger partial charge in [-0.2, -0.15) is 0 Å². The number of rotatable bonds is 2. The third kappa shape index (κ3) is 2.80. The first-order valence-electron chi connectivity index (χ1n) is 6.07. The molecule has 2 aliphatic heterocycles. The van der Waals surface area contributed by atoms with Gasteiger partial charge in [0.25, 0.3) is 0 Å². The highest BCUT2D eigenvalue weighted by molar-refractivity contribution is 7.91. The summed E-state index contributed by atoms with van der Waals surface area (Å²) >= 11 is 5.10. The van der Waals surface area contributed by atoms with Gasteiger partial charge in [0.05, 0.1) is 16.5 Å². The van der Waals surface area contributed by atoms with Crippen LogP contribution in [-0.4, -0.2) is 48.9 Å². The number of nitrogens with two attached hydrogens (primary N) is 1. The largest absolute Gasteiger partial charge is 0.393 e. The van der Waals surface area contributed by atoms with Crippen molar-refractivity contribution in [2.45, 2.75) is 32.2 Å². The lowest BCUT2D eigenvalue weighted by atomic mass is 9.80. The van der Waals surface area contributed by atoms with Gasteiger partial charge in [0.1, 0.15) is 0 Å². The minimum atomic E-state index is -2.78. The molecule has 1 unspecified atom stereocenters. The van der Waals surface area contributed by atoms with E-state index in [1.165, 1.54) is 0 Å². The molecule has 2 aliphatic rings. The Balaban J connectivity index is 1.94. The zero-order chi connectivity index (χ0) is 12.7. The van der Waals surface area contributed by atoms with Gasteiger partial charge in [-0.1, -0.05) is 19.1 Å². The van der Waals surface area contributed by atoms with Crippen molar-refractivity contribution in [3.8, 4) is 0 Å². The maximum atomic E-state index is 11.5. The molecule has 2 N–H and O–H groups in total. The first kappa shape index (κ1) is 13.2. The van der Waals surface area contributed by atoms with Crippen LogP contribution < -0.4 is 5.73 Å². The average molecular weight is 276 g/mol. The summed E-state index contributed by atoms with van der Waals surface area (Å²) in [5.74, 6) is 0.678. The second-order valence-electron chi connectivity index (χ2n) is 5.52. The van der Waals surface area contributed by atoms with Gasteiger partial charge in [0.15, 0.2) is 9.84 Å². The summed E-state index contributed by atoms with van der Waals surface area (Å²) in [6, 6.07) is 0.218. The lowest BCUT2D eigenvalue weighted by molar-refractivity contribution is 0.128. The number of likely N-dealkylation sites (tertiary alicyclic amines) is 1. The number of piperidine rings is 1. The zero-order valence-electron chi connectivity index (χ0n) is 10.2. The van der Waals surface area contributed by atoms with Crippen molar-refractivity contribution >= 4 is 27.0 Å². The van der Waals surface area contributed by atoms with E-state index in [0.717, 1.165) is 32.4 Å². The Bertz CT molecular complexity index is 411. The minimum absolute atomic E-state index is 0.0384. The standard InChI is InChI=1S/C11H20N2O2S2/c1-11(10(12)16)3-5-13(6-4-11)9-2-7-17(14,15)8-9/h9H,2-8H2,1H3,(H2,12,16). The smallest absolute Gasteiger partial charge is 0.151 e. The lowest BCUT2D eigenvalue weighted by Gasteiger charge is -2.41. The molecule has 2 fully saturated rings. The third-order valence-electron chi connectivity index (χ3n) is 4.22. The predicted molar refractivity (Wildman–Crippen MR) is 72.8 cm³/mol. The molecule has 98 valence electrons. The van der Waals surface area contributed by atoms with Crippen LogP contribution in [0.25, 0.3) is 0 Å². The van der Waals surface area contributed by atoms with Crippen LogP contribution in [0.3, 0.4) is 0 Å². The van der Waals surface area contributed by atoms with Crippen LogP contribution in [-0.2, 0) is 9.84 Å². The lowest BCUT2D eigenvalue weighted by Crippen LogP contribution is -2.48. The first-order chi connectivity index (χ1) is 7.82. The summed E-state index contributed by atoms with van der Waals surface area (Å²) in [6.45, 7) is 3.93. The molecule has 6 heteroatoms. The maximum Gasteiger partial charge on any atom is 0.151 e. The molecule has 0 aromatic rings. The van der Waals surface area contributed by atoms with Crippen molar-refractivity contribution in [1.82, 2.24) is 4.90 Å². The molecular formula is C11H20N2O2S2. The molecule has 4 nitrogen and oxygen atoms in total. The number of sulfone groups is 1. The van der Waals surface area contributed by atoms with Gasteiger partial charge in [-0.25, -0.2) is 8.42 Å². The first-order valence-corrected chi connectivity index (χ1v) is 8.30. The summed E-state index contributed by atoms with van der Waals surface area (Å²) in [7, 11) is -2.78. The molecule has 0 aromatic heterocycles. The van der Waals surface area contributed by atoms with Gasteiger partial charge in [0.2, 0.25) is 0 Å². The molecule has 0 radical (unpaired) electrons. The number of hydrogen-bond acceptors (Lipinski definition) is 4. The van der Waals surface area contributed by atoms with Gasteiger partial charge in [0, 0.05) is 11.5 Å². The predicted octanol–water partition coefficient (Wildman–Crippen LogP) is 0.562. The van der Waals surface area contributed by atoms with Gasteiger partial charge in [-0.15, -0.1) is 0 Å². The van der Waals surface area contributed by atoms with Gasteiger partial charge < -0.3 is 5.73 Å². The number of thiocarbonyl (C=S) groups is 1. The molecule has 17 heavy (non-hydrogen) atoms. The van der Waals surface area contributed by atoms with E-state index in [1.807, 2.05) is 0 Å². The fraction of sp³-hybridized carbons (Fsp3) is 0.909. The summed E-state index contributed by atoms with van der Waals surface area (Å²) < 4.78 is 22.9. The van der Waals surface area contributed by atoms with Crippen molar-refractivity contribution in [2.75, 3.05) is 24.6 Å². The molecule has 2 heterocycles. The van der Waals surface area contributed by atoms with E-state index in [-0.39, 0.29) is 11.5 Å². The SMILES string of the molecule is CC1(C(N)=S)CCN(C2CCS(=O)(=O)C2)CC1. The van der Waals surface area contributed by atoms with Crippen LogP contribution in [0.4, 0.5) is 0 Å². The normalized spacial score (nSPS) is 32.4. The Kier molecular flexibility index (Phi) is 3.49. The van der Waals surface area contributed by atoms with E-state index < -0.39 is 9.84 Å². The second-order valence-corrected chi connectivity index (χ2v) is 8.19. The van der Waals surface area contributed by atoms with E-state index in [2.05, 4.69) is 11.8 Å². The van der Waals surface area contributed by atoms with Crippen LogP contribution in [0, 0.1) is 5.41 Å². The van der Waals surface area contributed by atoms with Crippen LogP contribution in [0.2, 0.25) is 0 Å². The third-order valence-corrected chi connectivity index (χ3v) is 6.46. The molecule has 0 amide bonds. The summed E-state index contributed by atoms with van der Waals surface area (Å²) in [5, 5.41) is 0. The Labute approximate surface area is 108 Å². The van der Waals surface area contributed by atoms with E-state index in [0.29, 0.717) is 16.5 Å². The Morgan fingerprint density at radius 2 is 2.00 bits per heavy atom. The average Bonchev–Trinajstić information content (AvgIpc) is 2.60. The highest BCUT2D eigenvalue weighted by atomic mass is 32.2. The molecule has 2 rings (SSSR count). The second kappa shape index (κ2) is 4.48. The molecule has 1 atom stereocenters. The van der Waals surface area contributed by atoms with Crippen molar-refractivity contribution in [3.05, 3.63) is 0 Å². The topological polar surface area (TPSA) is 63.4 Å². The number of nitrogens with zero attached hydrogens (tertiary/aromatic N) is 1. The Hall–Kier alpha value is -0.200. The van der Waals surface area contributed by atoms with Gasteiger partial charge in [-0.3, -0.25) is 4.90 Å². The van der Waals surface area contributed by atoms with Gasteiger partial charge in [-0.05, 0) is 32.4 Å². The van der Waals surface area contributed by atoms with Gasteiger partial charge >= 0.3 is 0 Å². The molecule has 0 saturated carbocycles. The monoisotopic (exact) mass is 276 g/mol. The fourth-order valence-corrected chi connectivity index (χ4v) is 4.66. The molecule has 0 aliphatic carbocycles. The Morgan fingerprint density at radius 3 is 2.41 bits per heavy atom. The maximum absolute atomic E-state index is 11.5. The van der Waals surface area contributed by atoms with E-state index in [4.69, 9.17) is 18.0 Å². The van der Waals surface area contributed by atoms with Crippen LogP contribution in [0.1, 0.15) is 26.2 Å². The van der Waals surface area contributed by atoms with Crippen molar-refractivity contribution in [2.24, 2.45) is 11.1 Å². The van der Waals surface area contributed by atoms with Crippen molar-refractivity contribution in [1.29, 1.82) is 0 Å². The van der Waals surface area contributed by atoms with Crippen LogP contribution >= 0.6 is 12.2 Å². The van der Waals surface area contributed by atoms with E-state index >= 15 is 0 Å². The molecule has 0 spiro atoms. The summed E-state index contributed by atoms with van der Waals surface area (Å²) in [6.07, 6.45) is 2.67. The number of hydrogen-bond donors (Lipinski definition) is 1. The summed E-state index contributed by atoms with van der Waals surface area (Å²) in [4.78, 5) is 2.89. The van der Waals surface area contributed by atoms with E-state index in [9.17, 15) is 8.42 Å². The molecule has 0 bridgehead atoms.